The Balaban J connectivity index is 0.000000210. The summed E-state index contributed by atoms with van der Waals surface area (Å²) in [7, 11) is 1.36. The number of hydrogen-bond acceptors (Lipinski definition) is 6. The molecule has 1 fully saturated rings. The van der Waals surface area contributed by atoms with Crippen molar-refractivity contribution in [3.8, 4) is 11.1 Å². The maximum Gasteiger partial charge on any atom is 0.513 e. The fourth-order valence-corrected chi connectivity index (χ4v) is 6.50. The first-order chi connectivity index (χ1) is 27.1. The van der Waals surface area contributed by atoms with E-state index in [-0.39, 0.29) is 17.6 Å². The molecule has 0 unspecified atom stereocenters. The molecule has 0 aromatic heterocycles. The molecular formula is C51H64O6. The van der Waals surface area contributed by atoms with Gasteiger partial charge in [-0.25, -0.2) is 4.79 Å². The van der Waals surface area contributed by atoms with Crippen LogP contribution in [0.5, 0.6) is 0 Å². The lowest BCUT2D eigenvalue weighted by Gasteiger charge is -2.38. The number of esters is 1. The van der Waals surface area contributed by atoms with E-state index in [2.05, 4.69) is 196 Å². The van der Waals surface area contributed by atoms with E-state index in [1.54, 1.807) is 0 Å². The van der Waals surface area contributed by atoms with Crippen LogP contribution < -0.4 is 0 Å². The summed E-state index contributed by atoms with van der Waals surface area (Å²) in [5.74, 6) is -0.533. The molecule has 0 atom stereocenters. The van der Waals surface area contributed by atoms with E-state index in [1.165, 1.54) is 102 Å². The lowest BCUT2D eigenvalue weighted by Crippen LogP contribution is -2.30. The fourth-order valence-electron chi connectivity index (χ4n) is 6.50. The number of methoxy groups -OCH3 is 1. The second kappa shape index (κ2) is 23.1. The Kier molecular flexibility index (Phi) is 18.7. The van der Waals surface area contributed by atoms with Gasteiger partial charge in [0.2, 0.25) is 6.79 Å². The summed E-state index contributed by atoms with van der Waals surface area (Å²) in [6.07, 6.45) is 5.72. The Morgan fingerprint density at radius 3 is 1.21 bits per heavy atom. The second-order valence-electron chi connectivity index (χ2n) is 15.9. The zero-order valence-corrected chi connectivity index (χ0v) is 35.9. The molecule has 0 heterocycles. The van der Waals surface area contributed by atoms with E-state index in [1.807, 2.05) is 0 Å². The van der Waals surface area contributed by atoms with Gasteiger partial charge in [-0.3, -0.25) is 4.79 Å². The predicted molar refractivity (Wildman–Crippen MR) is 234 cm³/mol. The molecule has 1 aliphatic rings. The Morgan fingerprint density at radius 1 is 0.509 bits per heavy atom. The van der Waals surface area contributed by atoms with Crippen molar-refractivity contribution in [1.29, 1.82) is 0 Å². The normalized spacial score (nSPS) is 12.9. The van der Waals surface area contributed by atoms with Crippen molar-refractivity contribution < 1.29 is 28.5 Å². The topological polar surface area (TPSA) is 71.1 Å². The van der Waals surface area contributed by atoms with Crippen LogP contribution in [0.15, 0.2) is 121 Å². The Bertz CT molecular complexity index is 1800. The molecule has 0 bridgehead atoms. The lowest BCUT2D eigenvalue weighted by atomic mass is 9.65. The molecular weight excluding hydrogens is 709 g/mol. The van der Waals surface area contributed by atoms with Crippen LogP contribution in [0.4, 0.5) is 4.79 Å². The van der Waals surface area contributed by atoms with Crippen LogP contribution in [0.2, 0.25) is 0 Å². The summed E-state index contributed by atoms with van der Waals surface area (Å²) in [4.78, 5) is 20.6. The van der Waals surface area contributed by atoms with Gasteiger partial charge in [0, 0.05) is 19.4 Å². The minimum atomic E-state index is -0.946. The molecule has 5 aromatic rings. The first-order valence-corrected chi connectivity index (χ1v) is 19.9. The van der Waals surface area contributed by atoms with Crippen molar-refractivity contribution in [3.05, 3.63) is 166 Å². The number of ether oxygens (including phenoxy) is 4. The van der Waals surface area contributed by atoms with Crippen LogP contribution in [0, 0.1) is 34.6 Å². The van der Waals surface area contributed by atoms with Crippen LogP contribution in [-0.4, -0.2) is 32.8 Å². The lowest BCUT2D eigenvalue weighted by molar-refractivity contribution is -0.151. The third-order valence-electron chi connectivity index (χ3n) is 10.0. The molecule has 0 amide bonds. The van der Waals surface area contributed by atoms with Gasteiger partial charge in [-0.15, -0.1) is 0 Å². The highest BCUT2D eigenvalue weighted by Gasteiger charge is 2.35. The van der Waals surface area contributed by atoms with Crippen LogP contribution >= 0.6 is 0 Å². The van der Waals surface area contributed by atoms with Gasteiger partial charge < -0.3 is 18.9 Å². The van der Waals surface area contributed by atoms with Crippen molar-refractivity contribution >= 4 is 12.1 Å². The van der Waals surface area contributed by atoms with Gasteiger partial charge in [-0.05, 0) is 80.7 Å². The maximum absolute atomic E-state index is 10.5. The van der Waals surface area contributed by atoms with Crippen molar-refractivity contribution in [2.75, 3.05) is 20.7 Å². The molecule has 5 aromatic carbocycles. The number of rotatable bonds is 7. The highest BCUT2D eigenvalue weighted by Crippen LogP contribution is 2.45. The minimum absolute atomic E-state index is 0.196. The summed E-state index contributed by atoms with van der Waals surface area (Å²) in [5, 5.41) is 0. The summed E-state index contributed by atoms with van der Waals surface area (Å²) >= 11 is 0. The third-order valence-corrected chi connectivity index (χ3v) is 10.0. The van der Waals surface area contributed by atoms with Gasteiger partial charge in [0.25, 0.3) is 0 Å². The van der Waals surface area contributed by atoms with Gasteiger partial charge in [-0.1, -0.05) is 189 Å². The number of hydrogen-bond donors (Lipinski definition) is 0. The molecule has 0 spiro atoms. The summed E-state index contributed by atoms with van der Waals surface area (Å²) in [6, 6.07) is 44.4. The summed E-state index contributed by atoms with van der Waals surface area (Å²) < 4.78 is 17.3. The van der Waals surface area contributed by atoms with Crippen molar-refractivity contribution in [3.63, 3.8) is 0 Å². The molecule has 0 saturated heterocycles. The largest absolute Gasteiger partial charge is 0.513 e. The quantitative estimate of drug-likeness (QED) is 0.121. The minimum Gasteiger partial charge on any atom is -0.428 e. The molecule has 6 rings (SSSR count). The number of benzene rings is 5. The van der Waals surface area contributed by atoms with E-state index in [9.17, 15) is 9.59 Å². The number of carbonyl (C=O) groups excluding carboxylic acids is 2. The van der Waals surface area contributed by atoms with E-state index >= 15 is 0 Å². The van der Waals surface area contributed by atoms with E-state index < -0.39 is 18.9 Å². The molecule has 1 aliphatic carbocycles. The first kappa shape index (κ1) is 46.2. The van der Waals surface area contributed by atoms with Gasteiger partial charge in [0.05, 0.1) is 0 Å². The zero-order valence-electron chi connectivity index (χ0n) is 35.9. The maximum atomic E-state index is 10.5. The average molecular weight is 773 g/mol. The van der Waals surface area contributed by atoms with Gasteiger partial charge in [-0.2, -0.15) is 0 Å². The molecule has 0 aliphatic heterocycles. The molecule has 6 nitrogen and oxygen atoms in total. The van der Waals surface area contributed by atoms with Crippen LogP contribution in [0.1, 0.15) is 104 Å². The van der Waals surface area contributed by atoms with Crippen LogP contribution in [0.3, 0.4) is 0 Å². The fraction of sp³-hybridized carbons (Fsp3) is 0.373. The third kappa shape index (κ3) is 16.1. The van der Waals surface area contributed by atoms with Crippen LogP contribution in [-0.2, 0) is 34.6 Å². The number of carbonyl (C=O) groups is 2. The average Bonchev–Trinajstić information content (AvgIpc) is 3.19. The van der Waals surface area contributed by atoms with Crippen LogP contribution in [0.25, 0.3) is 11.1 Å². The number of aryl methyl sites for hydroxylation is 5. The van der Waals surface area contributed by atoms with Crippen molar-refractivity contribution in [1.82, 2.24) is 0 Å². The predicted octanol–water partition coefficient (Wildman–Crippen LogP) is 13.1. The summed E-state index contributed by atoms with van der Waals surface area (Å²) in [6.45, 7) is 17.9. The van der Waals surface area contributed by atoms with E-state index in [0.29, 0.717) is 0 Å². The molecule has 6 heteroatoms. The van der Waals surface area contributed by atoms with E-state index in [4.69, 9.17) is 0 Å². The second-order valence-corrected chi connectivity index (χ2v) is 15.9. The Morgan fingerprint density at radius 2 is 0.860 bits per heavy atom. The monoisotopic (exact) mass is 772 g/mol. The van der Waals surface area contributed by atoms with Gasteiger partial charge in [0.15, 0.2) is 6.79 Å². The SMILES string of the molecule is COCOC(=O)OCOC(C)=O.Cc1ccc(-c2ccc(C)cc2)cc1.Cc1ccc(C(C)(C)C)cc1.Cc1ccc(C2(c3ccc(C)cc3)CCCCC2)cc1. The highest BCUT2D eigenvalue weighted by molar-refractivity contribution is 5.66. The smallest absolute Gasteiger partial charge is 0.428 e. The molecule has 0 N–H and O–H groups in total. The molecule has 0 radical (unpaired) electrons. The molecule has 57 heavy (non-hydrogen) atoms. The van der Waals surface area contributed by atoms with Gasteiger partial charge in [0.1, 0.15) is 0 Å². The molecule has 304 valence electrons. The van der Waals surface area contributed by atoms with E-state index in [0.717, 1.165) is 0 Å². The highest BCUT2D eigenvalue weighted by atomic mass is 16.8. The Labute approximate surface area is 342 Å². The van der Waals surface area contributed by atoms with Gasteiger partial charge >= 0.3 is 12.1 Å². The Hall–Kier alpha value is -5.20. The first-order valence-electron chi connectivity index (χ1n) is 19.9. The van der Waals surface area contributed by atoms with Crippen molar-refractivity contribution in [2.24, 2.45) is 0 Å². The zero-order chi connectivity index (χ0) is 41.8. The summed E-state index contributed by atoms with van der Waals surface area (Å²) in [5.41, 5.74) is 14.2. The standard InChI is InChI=1S/C20H24.C14H14.C11H16.C6H10O6/c1-16-6-10-18(11-7-16)20(14-4-3-5-15-20)19-12-8-17(2)9-13-19;1-11-3-7-13(8-4-11)14-9-5-12(2)6-10-14;1-9-5-7-10(8-6-9)11(2,3)4;1-5(7)10-4-12-6(8)11-3-9-2/h6-13H,3-5,14-15H2,1-2H3;3-10H,1-2H3;5-8H,1-4H3;3-4H2,1-2H3. The van der Waals surface area contributed by atoms with Crippen molar-refractivity contribution in [2.45, 2.75) is 105 Å². The molecule has 1 saturated carbocycles.